The van der Waals surface area contributed by atoms with E-state index in [0.29, 0.717) is 0 Å². The van der Waals surface area contributed by atoms with Gasteiger partial charge in [-0.1, -0.05) is 28.9 Å². The summed E-state index contributed by atoms with van der Waals surface area (Å²) in [6.45, 7) is 14.2. The van der Waals surface area contributed by atoms with E-state index >= 15 is 0 Å². The summed E-state index contributed by atoms with van der Waals surface area (Å²) in [7, 11) is 0. The van der Waals surface area contributed by atoms with Gasteiger partial charge in [-0.05, 0) is 80.2 Å². The van der Waals surface area contributed by atoms with Crippen LogP contribution in [0.1, 0.15) is 74.1 Å². The van der Waals surface area contributed by atoms with Crippen LogP contribution in [-0.2, 0) is 9.47 Å². The molecule has 0 aromatic carbocycles. The molecule has 0 aliphatic heterocycles. The monoisotopic (exact) mass is 322 g/mol. The van der Waals surface area contributed by atoms with E-state index < -0.39 is 11.8 Å². The van der Waals surface area contributed by atoms with E-state index in [1.807, 2.05) is 26.8 Å². The van der Waals surface area contributed by atoms with Crippen molar-refractivity contribution in [2.75, 3.05) is 6.61 Å². The highest BCUT2D eigenvalue weighted by Gasteiger charge is 2.16. The molecule has 132 valence electrons. The topological polar surface area (TPSA) is 35.5 Å². The lowest BCUT2D eigenvalue weighted by molar-refractivity contribution is -0.00247. The predicted molar refractivity (Wildman–Crippen MR) is 97.6 cm³/mol. The maximum atomic E-state index is 11.4. The minimum atomic E-state index is -0.614. The molecule has 0 aromatic rings. The number of carbonyl (C=O) groups excluding carboxylic acids is 1. The van der Waals surface area contributed by atoms with Crippen molar-refractivity contribution in [1.82, 2.24) is 0 Å². The van der Waals surface area contributed by atoms with Crippen molar-refractivity contribution in [3.05, 3.63) is 34.9 Å². The molecular weight excluding hydrogens is 288 g/mol. The molecule has 0 aliphatic rings. The Kier molecular flexibility index (Phi) is 10.4. The third kappa shape index (κ3) is 15.2. The molecule has 0 atom stereocenters. The molecular formula is C20H34O3. The lowest BCUT2D eigenvalue weighted by atomic mass is 10.1. The Balaban J connectivity index is 3.98. The Morgan fingerprint density at radius 3 is 1.91 bits per heavy atom. The molecule has 0 saturated heterocycles. The third-order valence-corrected chi connectivity index (χ3v) is 3.15. The summed E-state index contributed by atoms with van der Waals surface area (Å²) in [5.74, 6) is 0. The molecule has 0 radical (unpaired) electrons. The van der Waals surface area contributed by atoms with Crippen molar-refractivity contribution in [2.24, 2.45) is 0 Å². The number of ether oxygens (including phenoxy) is 2. The number of allylic oxidation sites excluding steroid dienone is 5. The van der Waals surface area contributed by atoms with Gasteiger partial charge in [-0.3, -0.25) is 0 Å². The molecule has 23 heavy (non-hydrogen) atoms. The second kappa shape index (κ2) is 11.1. The summed E-state index contributed by atoms with van der Waals surface area (Å²) in [6, 6.07) is 0. The fourth-order valence-electron chi connectivity index (χ4n) is 1.87. The van der Waals surface area contributed by atoms with Gasteiger partial charge in [0, 0.05) is 0 Å². The minimum absolute atomic E-state index is 0.268. The van der Waals surface area contributed by atoms with Crippen LogP contribution >= 0.6 is 0 Å². The van der Waals surface area contributed by atoms with Crippen molar-refractivity contribution in [3.63, 3.8) is 0 Å². The normalized spacial score (nSPS) is 12.8. The second-order valence-corrected chi connectivity index (χ2v) is 7.24. The van der Waals surface area contributed by atoms with Crippen LogP contribution < -0.4 is 0 Å². The Bertz CT molecular complexity index is 444. The first kappa shape index (κ1) is 21.5. The molecule has 0 fully saturated rings. The van der Waals surface area contributed by atoms with Crippen molar-refractivity contribution >= 4 is 6.16 Å². The van der Waals surface area contributed by atoms with Gasteiger partial charge in [0.05, 0.1) is 0 Å². The number of hydrogen-bond donors (Lipinski definition) is 0. The smallest absolute Gasteiger partial charge is 0.430 e. The van der Waals surface area contributed by atoms with Crippen LogP contribution in [0.5, 0.6) is 0 Å². The highest BCUT2D eigenvalue weighted by Crippen LogP contribution is 2.12. The van der Waals surface area contributed by atoms with Crippen LogP contribution in [0.3, 0.4) is 0 Å². The van der Waals surface area contributed by atoms with Gasteiger partial charge in [0.15, 0.2) is 0 Å². The molecule has 0 rings (SSSR count). The standard InChI is InChI=1S/C20H34O3/c1-16(2)10-8-11-17(3)12-9-13-18(4)14-15-22-19(21)23-20(5,6)7/h10,12,14H,8-9,11,13,15H2,1-7H3/b17-12+,18-14-. The van der Waals surface area contributed by atoms with Gasteiger partial charge in [0.25, 0.3) is 0 Å². The molecule has 3 nitrogen and oxygen atoms in total. The van der Waals surface area contributed by atoms with Crippen molar-refractivity contribution in [2.45, 2.75) is 79.8 Å². The first-order valence-electron chi connectivity index (χ1n) is 8.40. The van der Waals surface area contributed by atoms with Crippen molar-refractivity contribution in [1.29, 1.82) is 0 Å². The molecule has 0 amide bonds. The predicted octanol–water partition coefficient (Wildman–Crippen LogP) is 6.36. The van der Waals surface area contributed by atoms with Crippen LogP contribution in [-0.4, -0.2) is 18.4 Å². The third-order valence-electron chi connectivity index (χ3n) is 3.15. The average Bonchev–Trinajstić information content (AvgIpc) is 2.35. The first-order valence-corrected chi connectivity index (χ1v) is 8.40. The maximum absolute atomic E-state index is 11.4. The van der Waals surface area contributed by atoms with Gasteiger partial charge in [-0.2, -0.15) is 0 Å². The Hall–Kier alpha value is -1.51. The van der Waals surface area contributed by atoms with Gasteiger partial charge in [0.2, 0.25) is 0 Å². The quantitative estimate of drug-likeness (QED) is 0.385. The summed E-state index contributed by atoms with van der Waals surface area (Å²) in [4.78, 5) is 11.4. The van der Waals surface area contributed by atoms with E-state index in [1.54, 1.807) is 0 Å². The Labute approximate surface area is 142 Å². The van der Waals surface area contributed by atoms with Crippen LogP contribution in [0.4, 0.5) is 4.79 Å². The van der Waals surface area contributed by atoms with Gasteiger partial charge in [-0.15, -0.1) is 0 Å². The second-order valence-electron chi connectivity index (χ2n) is 7.24. The van der Waals surface area contributed by atoms with Gasteiger partial charge in [-0.25, -0.2) is 4.79 Å². The molecule has 0 N–H and O–H groups in total. The van der Waals surface area contributed by atoms with E-state index in [1.165, 1.54) is 16.7 Å². The molecule has 0 bridgehead atoms. The fourth-order valence-corrected chi connectivity index (χ4v) is 1.87. The molecule has 0 unspecified atom stereocenters. The zero-order chi connectivity index (χ0) is 17.9. The summed E-state index contributed by atoms with van der Waals surface area (Å²) < 4.78 is 10.1. The molecule has 0 aliphatic carbocycles. The number of rotatable bonds is 8. The Morgan fingerprint density at radius 2 is 1.39 bits per heavy atom. The van der Waals surface area contributed by atoms with E-state index in [4.69, 9.17) is 9.47 Å². The van der Waals surface area contributed by atoms with E-state index in [9.17, 15) is 4.79 Å². The lowest BCUT2D eigenvalue weighted by Crippen LogP contribution is -2.24. The molecule has 0 aromatic heterocycles. The average molecular weight is 322 g/mol. The first-order chi connectivity index (χ1) is 10.6. The largest absolute Gasteiger partial charge is 0.509 e. The van der Waals surface area contributed by atoms with Gasteiger partial charge in [0.1, 0.15) is 12.2 Å². The zero-order valence-electron chi connectivity index (χ0n) is 16.0. The van der Waals surface area contributed by atoms with Crippen LogP contribution in [0.25, 0.3) is 0 Å². The summed E-state index contributed by atoms with van der Waals surface area (Å²) in [6.07, 6.45) is 10.1. The minimum Gasteiger partial charge on any atom is -0.430 e. The van der Waals surface area contributed by atoms with E-state index in [0.717, 1.165) is 25.7 Å². The SMILES string of the molecule is CC(C)=CCC/C(C)=C/CC/C(C)=C\COC(=O)OC(C)(C)C. The van der Waals surface area contributed by atoms with Gasteiger partial charge < -0.3 is 9.47 Å². The number of hydrogen-bond acceptors (Lipinski definition) is 3. The fraction of sp³-hybridized carbons (Fsp3) is 0.650. The lowest BCUT2D eigenvalue weighted by Gasteiger charge is -2.18. The van der Waals surface area contributed by atoms with Crippen LogP contribution in [0, 0.1) is 0 Å². The van der Waals surface area contributed by atoms with Crippen LogP contribution in [0.15, 0.2) is 34.9 Å². The zero-order valence-corrected chi connectivity index (χ0v) is 16.0. The van der Waals surface area contributed by atoms with Gasteiger partial charge >= 0.3 is 6.16 Å². The van der Waals surface area contributed by atoms with Crippen molar-refractivity contribution < 1.29 is 14.3 Å². The van der Waals surface area contributed by atoms with E-state index in [-0.39, 0.29) is 6.61 Å². The highest BCUT2D eigenvalue weighted by molar-refractivity contribution is 5.60. The van der Waals surface area contributed by atoms with E-state index in [2.05, 4.69) is 39.8 Å². The molecule has 0 saturated carbocycles. The Morgan fingerprint density at radius 1 is 0.870 bits per heavy atom. The summed E-state index contributed by atoms with van der Waals surface area (Å²) in [5.41, 5.74) is 3.52. The molecule has 0 heterocycles. The molecule has 0 spiro atoms. The summed E-state index contributed by atoms with van der Waals surface area (Å²) in [5, 5.41) is 0. The maximum Gasteiger partial charge on any atom is 0.509 e. The van der Waals surface area contributed by atoms with Crippen molar-refractivity contribution in [3.8, 4) is 0 Å². The molecule has 3 heteroatoms. The highest BCUT2D eigenvalue weighted by atomic mass is 16.7. The number of carbonyl (C=O) groups is 1. The summed E-state index contributed by atoms with van der Waals surface area (Å²) >= 11 is 0. The van der Waals surface area contributed by atoms with Crippen LogP contribution in [0.2, 0.25) is 0 Å².